The van der Waals surface area contributed by atoms with Crippen LogP contribution in [0.25, 0.3) is 0 Å². The smallest absolute Gasteiger partial charge is 0.410 e. The average molecular weight is 1440 g/mol. The number of piperidine rings is 2. The van der Waals surface area contributed by atoms with Crippen molar-refractivity contribution >= 4 is 106 Å². The van der Waals surface area contributed by atoms with E-state index in [9.17, 15) is 18.0 Å². The van der Waals surface area contributed by atoms with Crippen molar-refractivity contribution in [1.29, 1.82) is 0 Å². The molecule has 75 heavy (non-hydrogen) atoms. The summed E-state index contributed by atoms with van der Waals surface area (Å²) in [5, 5.41) is 25.3. The zero-order valence-corrected chi connectivity index (χ0v) is 55.5. The fourth-order valence-corrected chi connectivity index (χ4v) is 9.51. The van der Waals surface area contributed by atoms with Gasteiger partial charge in [0.2, 0.25) is 0 Å². The first-order valence-corrected chi connectivity index (χ1v) is 37.3. The van der Waals surface area contributed by atoms with Crippen LogP contribution in [0.1, 0.15) is 73.3 Å². The second-order valence-corrected chi connectivity index (χ2v) is 38.1. The molecule has 424 valence electrons. The number of nitrogens with one attached hydrogen (secondary N) is 2. The molecule has 0 atom stereocenters. The topological polar surface area (TPSA) is 232 Å². The van der Waals surface area contributed by atoms with Crippen molar-refractivity contribution in [3.63, 3.8) is 0 Å². The molecule has 27 heteroatoms. The second-order valence-electron chi connectivity index (χ2n) is 21.9. The highest BCUT2D eigenvalue weighted by molar-refractivity contribution is 14.1. The summed E-state index contributed by atoms with van der Waals surface area (Å²) in [5.41, 5.74) is -0.941. The molecule has 5 aromatic heterocycles. The molecule has 2 N–H and O–H groups in total. The number of nitrogens with zero attached hydrogens (tertiary/aromatic N) is 10. The minimum Gasteiger partial charge on any atom is -0.444 e. The summed E-state index contributed by atoms with van der Waals surface area (Å²) in [5.74, 6) is 0. The van der Waals surface area contributed by atoms with Crippen molar-refractivity contribution in [2.75, 3.05) is 45.6 Å². The van der Waals surface area contributed by atoms with E-state index in [-0.39, 0.29) is 18.3 Å². The number of aromatic nitrogens is 10. The van der Waals surface area contributed by atoms with Crippen molar-refractivity contribution in [3.8, 4) is 0 Å². The summed E-state index contributed by atoms with van der Waals surface area (Å²) < 4.78 is 57.4. The van der Waals surface area contributed by atoms with Gasteiger partial charge >= 0.3 is 12.2 Å². The Hall–Kier alpha value is -2.96. The molecule has 7 heterocycles. The minimum absolute atomic E-state index is 0.207. The van der Waals surface area contributed by atoms with Crippen molar-refractivity contribution in [2.45, 2.75) is 155 Å². The Balaban J connectivity index is 0.000000322. The van der Waals surface area contributed by atoms with Crippen molar-refractivity contribution < 1.29 is 41.1 Å². The normalized spacial score (nSPS) is 14.5. The Kier molecular flexibility index (Phi) is 31.0. The molecule has 0 bridgehead atoms. The lowest BCUT2D eigenvalue weighted by Crippen LogP contribution is -2.43. The van der Waals surface area contributed by atoms with Gasteiger partial charge in [0.05, 0.1) is 28.3 Å². The highest BCUT2D eigenvalue weighted by Gasteiger charge is 2.30. The molecule has 5 aromatic rings. The summed E-state index contributed by atoms with van der Waals surface area (Å²) in [4.78, 5) is 27.1. The summed E-state index contributed by atoms with van der Waals surface area (Å²) in [7, 11) is -5.31. The molecule has 2 aliphatic heterocycles. The number of hydrogen-bond acceptors (Lipinski definition) is 14. The molecule has 7 rings (SSSR count). The molecule has 2 fully saturated rings. The van der Waals surface area contributed by atoms with Gasteiger partial charge in [-0.25, -0.2) is 19.0 Å². The van der Waals surface area contributed by atoms with Crippen molar-refractivity contribution in [1.82, 2.24) is 59.5 Å². The number of aromatic amines is 2. The number of carbonyl (C=O) groups excluding carboxylic acids is 2. The maximum absolute atomic E-state index is 11.9. The van der Waals surface area contributed by atoms with Gasteiger partial charge in [-0.05, 0) is 177 Å². The van der Waals surface area contributed by atoms with E-state index < -0.39 is 37.5 Å². The number of hydrogen-bond donors (Lipinski definition) is 2. The number of carbonyl (C=O) groups is 2. The van der Waals surface area contributed by atoms with Crippen LogP contribution in [-0.4, -0.2) is 159 Å². The fraction of sp³-hybridized carbons (Fsp3) is 0.646. The van der Waals surface area contributed by atoms with Gasteiger partial charge in [0, 0.05) is 92.7 Å². The standard InChI is InChI=1S/C13H20IN3O2.C11H21NO5S.C9H17IN2OSi.C9H18N2OSi.C3H3IN2.C3H4N2/c1-13(2,3)19-12(18)16-7-4-10(5-8-16)17-9-6-11(14)15-17;1-11(2,3)16-10(13)12-7-5-9(6-8-12)17-18(4,14)15;1-14(2,3)7-6-13-8-12-9(10)4-5-11-12;1-13(2,3)8-7-12-9-11-6-4-5-10-11;4-3-1-2-5-6-3;1-2-4-5-3-1/h6,9-10H,4-5,7-8H2,1-3H3;9H,5-8H2,1-4H3;4-5H,6-8H2,1-3H3;4-6H,7-9H2,1-3H3;1-2H,(H,5,6);1-3H,(H,4,5). The van der Waals surface area contributed by atoms with Gasteiger partial charge in [0.25, 0.3) is 10.1 Å². The molecule has 2 amide bonds. The first-order valence-electron chi connectivity index (χ1n) is 24.8. The van der Waals surface area contributed by atoms with Crippen LogP contribution in [0.5, 0.6) is 0 Å². The van der Waals surface area contributed by atoms with Crippen LogP contribution in [-0.2, 0) is 46.7 Å². The highest BCUT2D eigenvalue weighted by Crippen LogP contribution is 2.24. The van der Waals surface area contributed by atoms with E-state index in [1.165, 1.54) is 12.1 Å². The maximum atomic E-state index is 11.9. The number of halogens is 3. The zero-order valence-electron chi connectivity index (χ0n) is 46.2. The Bertz CT molecular complexity index is 2350. The second kappa shape index (κ2) is 34.1. The summed E-state index contributed by atoms with van der Waals surface area (Å²) in [6, 6.07) is 12.4. The molecule has 0 unspecified atom stereocenters. The summed E-state index contributed by atoms with van der Waals surface area (Å²) in [6.45, 7) is 30.5. The Morgan fingerprint density at radius 1 is 0.707 bits per heavy atom. The Morgan fingerprint density at radius 3 is 1.63 bits per heavy atom. The van der Waals surface area contributed by atoms with Crippen LogP contribution in [0.3, 0.4) is 0 Å². The van der Waals surface area contributed by atoms with E-state index in [4.69, 9.17) is 23.1 Å². The molecule has 0 saturated carbocycles. The van der Waals surface area contributed by atoms with Crippen LogP contribution in [0, 0.1) is 11.1 Å². The van der Waals surface area contributed by atoms with Gasteiger partial charge in [-0.15, -0.1) is 0 Å². The summed E-state index contributed by atoms with van der Waals surface area (Å²) >= 11 is 6.62. The third kappa shape index (κ3) is 35.2. The molecule has 21 nitrogen and oxygen atoms in total. The molecule has 0 aliphatic carbocycles. The average Bonchev–Trinajstić information content (AvgIpc) is 4.17. The Labute approximate surface area is 488 Å². The van der Waals surface area contributed by atoms with E-state index in [1.807, 2.05) is 93.6 Å². The number of ether oxygens (including phenoxy) is 4. The van der Waals surface area contributed by atoms with E-state index in [0.717, 1.165) is 56.5 Å². The monoisotopic (exact) mass is 1440 g/mol. The molecule has 2 saturated heterocycles. The van der Waals surface area contributed by atoms with Gasteiger partial charge < -0.3 is 28.7 Å². The molecule has 0 aromatic carbocycles. The van der Waals surface area contributed by atoms with Crippen LogP contribution >= 0.6 is 67.8 Å². The maximum Gasteiger partial charge on any atom is 0.410 e. The van der Waals surface area contributed by atoms with Gasteiger partial charge in [0.1, 0.15) is 32.1 Å². The lowest BCUT2D eigenvalue weighted by atomic mass is 10.1. The van der Waals surface area contributed by atoms with Crippen LogP contribution in [0.2, 0.25) is 51.4 Å². The van der Waals surface area contributed by atoms with Gasteiger partial charge in [0.15, 0.2) is 0 Å². The minimum atomic E-state index is -3.42. The lowest BCUT2D eigenvalue weighted by Gasteiger charge is -2.33. The Morgan fingerprint density at radius 2 is 1.27 bits per heavy atom. The quantitative estimate of drug-likeness (QED) is 0.0483. The first-order chi connectivity index (χ1) is 34.9. The van der Waals surface area contributed by atoms with Crippen LogP contribution < -0.4 is 0 Å². The van der Waals surface area contributed by atoms with E-state index in [1.54, 1.807) is 45.5 Å². The largest absolute Gasteiger partial charge is 0.444 e. The van der Waals surface area contributed by atoms with Gasteiger partial charge in [-0.3, -0.25) is 19.1 Å². The number of H-pyrrole nitrogens is 2. The van der Waals surface area contributed by atoms with Crippen LogP contribution in [0.15, 0.2) is 73.7 Å². The predicted octanol–water partition coefficient (Wildman–Crippen LogP) is 10.8. The predicted molar refractivity (Wildman–Crippen MR) is 323 cm³/mol. The van der Waals surface area contributed by atoms with E-state index in [0.29, 0.717) is 45.4 Å². The lowest BCUT2D eigenvalue weighted by molar-refractivity contribution is 0.0131. The zero-order chi connectivity index (χ0) is 56.3. The number of likely N-dealkylation sites (tertiary alicyclic amines) is 2. The van der Waals surface area contributed by atoms with Crippen molar-refractivity contribution in [2.24, 2.45) is 0 Å². The molecule has 0 radical (unpaired) electrons. The SMILES string of the molecule is CC(C)(C)OC(=O)N1CCC(OS(C)(=O)=O)CC1.CC(C)(C)OC(=O)N1CCC(n2ccc(I)n2)CC1.C[Si](C)(C)CCOCn1cccn1.C[Si](C)(C)CCOCn1nccc1I.Ic1ccn[nH]1.c1cn[nH]c1. The van der Waals surface area contributed by atoms with E-state index in [2.05, 4.69) is 143 Å². The molecular formula is C48H83I3N12O9SSi2. The number of rotatable bonds is 13. The fourth-order valence-electron chi connectivity index (χ4n) is 6.17. The van der Waals surface area contributed by atoms with Gasteiger partial charge in [-0.1, -0.05) is 39.3 Å². The van der Waals surface area contributed by atoms with Crippen molar-refractivity contribution in [3.05, 3.63) is 84.8 Å². The van der Waals surface area contributed by atoms with E-state index >= 15 is 0 Å². The molecule has 2 aliphatic rings. The molecular weight excluding hydrogens is 1360 g/mol. The first kappa shape index (κ1) is 68.2. The summed E-state index contributed by atoms with van der Waals surface area (Å²) in [6.07, 6.45) is 15.7. The highest BCUT2D eigenvalue weighted by atomic mass is 127. The third-order valence-corrected chi connectivity index (χ3v) is 16.1. The molecule has 0 spiro atoms. The number of amides is 2. The third-order valence-electron chi connectivity index (χ3n) is 10.00. The van der Waals surface area contributed by atoms with Gasteiger partial charge in [-0.2, -0.15) is 33.9 Å². The van der Waals surface area contributed by atoms with Crippen LogP contribution in [0.4, 0.5) is 9.59 Å².